The lowest BCUT2D eigenvalue weighted by atomic mass is 9.98. The molecule has 0 bridgehead atoms. The highest BCUT2D eigenvalue weighted by Crippen LogP contribution is 2.38. The minimum absolute atomic E-state index is 0.104. The fraction of sp³-hybridized carbons (Fsp3) is 0.417. The Hall–Kier alpha value is 0.0500. The summed E-state index contributed by atoms with van der Waals surface area (Å²) >= 11 is 23.7. The maximum absolute atomic E-state index is 12.0. The smallest absolute Gasteiger partial charge is 0.166 e. The van der Waals surface area contributed by atoms with E-state index in [1.807, 2.05) is 13.8 Å². The van der Waals surface area contributed by atoms with Crippen LogP contribution in [0.4, 0.5) is 0 Å². The van der Waals surface area contributed by atoms with Gasteiger partial charge in [-0.25, -0.2) is 0 Å². The van der Waals surface area contributed by atoms with Crippen LogP contribution in [0, 0.1) is 5.92 Å². The van der Waals surface area contributed by atoms with Crippen LogP contribution in [0.5, 0.6) is 0 Å². The summed E-state index contributed by atoms with van der Waals surface area (Å²) in [6.07, 6.45) is 1.32. The molecule has 1 unspecified atom stereocenters. The molecular weight excluding hydrogens is 302 g/mol. The van der Waals surface area contributed by atoms with Gasteiger partial charge in [-0.2, -0.15) is 0 Å². The minimum atomic E-state index is -0.104. The zero-order chi connectivity index (χ0) is 13.2. The van der Waals surface area contributed by atoms with Crippen LogP contribution in [0.1, 0.15) is 37.0 Å². The molecule has 17 heavy (non-hydrogen) atoms. The van der Waals surface area contributed by atoms with Gasteiger partial charge in [-0.1, -0.05) is 66.7 Å². The minimum Gasteiger partial charge on any atom is -0.294 e. The largest absolute Gasteiger partial charge is 0.294 e. The van der Waals surface area contributed by atoms with Gasteiger partial charge < -0.3 is 0 Å². The fourth-order valence-electron chi connectivity index (χ4n) is 1.38. The van der Waals surface area contributed by atoms with Crippen molar-refractivity contribution in [1.82, 2.24) is 0 Å². The molecule has 1 atom stereocenters. The number of rotatable bonds is 4. The first-order chi connectivity index (χ1) is 7.88. The zero-order valence-corrected chi connectivity index (χ0v) is 12.5. The van der Waals surface area contributed by atoms with Crippen LogP contribution in [0.15, 0.2) is 6.07 Å². The molecule has 0 aliphatic carbocycles. The van der Waals surface area contributed by atoms with Crippen molar-refractivity contribution in [3.63, 3.8) is 0 Å². The highest BCUT2D eigenvalue weighted by atomic mass is 35.5. The summed E-state index contributed by atoms with van der Waals surface area (Å²) in [5.41, 5.74) is 0.267. The molecule has 1 rings (SSSR count). The van der Waals surface area contributed by atoms with Crippen molar-refractivity contribution in [2.45, 2.75) is 26.7 Å². The maximum atomic E-state index is 12.0. The molecule has 0 radical (unpaired) electrons. The van der Waals surface area contributed by atoms with E-state index in [2.05, 4.69) is 0 Å². The number of hydrogen-bond donors (Lipinski definition) is 0. The first-order valence-electron chi connectivity index (χ1n) is 5.24. The van der Waals surface area contributed by atoms with Gasteiger partial charge in [-0.3, -0.25) is 4.79 Å². The summed E-state index contributed by atoms with van der Waals surface area (Å²) in [6.45, 7) is 4.02. The van der Waals surface area contributed by atoms with Crippen molar-refractivity contribution in [3.8, 4) is 0 Å². The maximum Gasteiger partial charge on any atom is 0.166 e. The number of hydrogen-bond acceptors (Lipinski definition) is 1. The first kappa shape index (κ1) is 15.1. The standard InChI is InChI=1S/C12H12Cl4O/c1-3-6(2)4-9(17)10-7(13)5-8(14)11(15)12(10)16/h5-6H,3-4H2,1-2H3. The van der Waals surface area contributed by atoms with E-state index >= 15 is 0 Å². The molecule has 0 saturated heterocycles. The zero-order valence-electron chi connectivity index (χ0n) is 9.49. The Morgan fingerprint density at radius 3 is 2.29 bits per heavy atom. The van der Waals surface area contributed by atoms with E-state index in [0.717, 1.165) is 6.42 Å². The molecule has 0 spiro atoms. The molecular formula is C12H12Cl4O. The molecule has 94 valence electrons. The second-order valence-electron chi connectivity index (χ2n) is 3.98. The highest BCUT2D eigenvalue weighted by Gasteiger charge is 2.20. The predicted molar refractivity (Wildman–Crippen MR) is 74.9 cm³/mol. The van der Waals surface area contributed by atoms with E-state index in [-0.39, 0.29) is 37.4 Å². The van der Waals surface area contributed by atoms with E-state index in [9.17, 15) is 4.79 Å². The Bertz CT molecular complexity index is 443. The Morgan fingerprint density at radius 1 is 1.18 bits per heavy atom. The number of carbonyl (C=O) groups excluding carboxylic acids is 1. The molecule has 0 amide bonds. The number of ketones is 1. The van der Waals surface area contributed by atoms with Crippen LogP contribution in [-0.2, 0) is 0 Å². The van der Waals surface area contributed by atoms with E-state index in [1.165, 1.54) is 6.07 Å². The molecule has 5 heteroatoms. The molecule has 1 aromatic carbocycles. The predicted octanol–water partition coefficient (Wildman–Crippen LogP) is 5.92. The van der Waals surface area contributed by atoms with Crippen molar-refractivity contribution in [1.29, 1.82) is 0 Å². The lowest BCUT2D eigenvalue weighted by molar-refractivity contribution is 0.0964. The number of halogens is 4. The number of Topliss-reactive ketones (excluding diaryl/α,β-unsaturated/α-hetero) is 1. The molecule has 0 N–H and O–H groups in total. The molecule has 1 nitrogen and oxygen atoms in total. The van der Waals surface area contributed by atoms with Crippen molar-refractivity contribution in [3.05, 3.63) is 31.7 Å². The van der Waals surface area contributed by atoms with Crippen molar-refractivity contribution in [2.75, 3.05) is 0 Å². The van der Waals surface area contributed by atoms with Gasteiger partial charge in [-0.15, -0.1) is 0 Å². The van der Waals surface area contributed by atoms with Crippen LogP contribution in [0.2, 0.25) is 20.1 Å². The quantitative estimate of drug-likeness (QED) is 0.383. The van der Waals surface area contributed by atoms with E-state index in [4.69, 9.17) is 46.4 Å². The van der Waals surface area contributed by atoms with Gasteiger partial charge in [0.15, 0.2) is 5.78 Å². The summed E-state index contributed by atoms with van der Waals surface area (Å²) in [6, 6.07) is 1.45. The highest BCUT2D eigenvalue weighted by molar-refractivity contribution is 6.51. The third-order valence-corrected chi connectivity index (χ3v) is 4.18. The lowest BCUT2D eigenvalue weighted by Crippen LogP contribution is -2.07. The molecule has 0 aliphatic rings. The van der Waals surface area contributed by atoms with Crippen LogP contribution in [-0.4, -0.2) is 5.78 Å². The topological polar surface area (TPSA) is 17.1 Å². The summed E-state index contributed by atoms with van der Waals surface area (Å²) in [5.74, 6) is 0.178. The first-order valence-corrected chi connectivity index (χ1v) is 6.75. The third-order valence-electron chi connectivity index (χ3n) is 2.62. The van der Waals surface area contributed by atoms with Gasteiger partial charge in [0.2, 0.25) is 0 Å². The van der Waals surface area contributed by atoms with Gasteiger partial charge >= 0.3 is 0 Å². The van der Waals surface area contributed by atoms with Gasteiger partial charge in [0.05, 0.1) is 25.7 Å². The Kier molecular flexibility index (Phi) is 5.59. The van der Waals surface area contributed by atoms with E-state index < -0.39 is 0 Å². The average molecular weight is 314 g/mol. The molecule has 0 saturated carbocycles. The second kappa shape index (κ2) is 6.29. The second-order valence-corrected chi connectivity index (χ2v) is 5.55. The SMILES string of the molecule is CCC(C)CC(=O)c1c(Cl)cc(Cl)c(Cl)c1Cl. The van der Waals surface area contributed by atoms with Crippen LogP contribution < -0.4 is 0 Å². The lowest BCUT2D eigenvalue weighted by Gasteiger charge is -2.11. The van der Waals surface area contributed by atoms with Crippen LogP contribution in [0.3, 0.4) is 0 Å². The van der Waals surface area contributed by atoms with E-state index in [1.54, 1.807) is 0 Å². The molecule has 0 aliphatic heterocycles. The monoisotopic (exact) mass is 312 g/mol. The fourth-order valence-corrected chi connectivity index (χ4v) is 2.51. The van der Waals surface area contributed by atoms with Crippen molar-refractivity contribution < 1.29 is 4.79 Å². The third kappa shape index (κ3) is 3.51. The van der Waals surface area contributed by atoms with Gasteiger partial charge in [0, 0.05) is 6.42 Å². The normalized spacial score (nSPS) is 12.6. The van der Waals surface area contributed by atoms with Gasteiger partial charge in [0.25, 0.3) is 0 Å². The van der Waals surface area contributed by atoms with Crippen molar-refractivity contribution >= 4 is 52.2 Å². The molecule has 0 fully saturated rings. The molecule has 0 aromatic heterocycles. The summed E-state index contributed by atoms with van der Waals surface area (Å²) in [5, 5.41) is 0.808. The number of carbonyl (C=O) groups is 1. The van der Waals surface area contributed by atoms with Gasteiger partial charge in [-0.05, 0) is 12.0 Å². The average Bonchev–Trinajstić information content (AvgIpc) is 2.25. The van der Waals surface area contributed by atoms with Gasteiger partial charge in [0.1, 0.15) is 0 Å². The Labute approximate surface area is 121 Å². The number of benzene rings is 1. The summed E-state index contributed by atoms with van der Waals surface area (Å²) in [4.78, 5) is 12.0. The van der Waals surface area contributed by atoms with Crippen LogP contribution >= 0.6 is 46.4 Å². The Balaban J connectivity index is 3.14. The summed E-state index contributed by atoms with van der Waals surface area (Å²) in [7, 11) is 0. The molecule has 1 aromatic rings. The molecule has 0 heterocycles. The summed E-state index contributed by atoms with van der Waals surface area (Å²) < 4.78 is 0. The van der Waals surface area contributed by atoms with Crippen LogP contribution in [0.25, 0.3) is 0 Å². The van der Waals surface area contributed by atoms with Crippen molar-refractivity contribution in [2.24, 2.45) is 5.92 Å². The Morgan fingerprint density at radius 2 is 1.76 bits per heavy atom. The van der Waals surface area contributed by atoms with E-state index in [0.29, 0.717) is 6.42 Å².